The number of hydrogen-bond acceptors (Lipinski definition) is 6. The van der Waals surface area contributed by atoms with Crippen LogP contribution in [0.1, 0.15) is 32.8 Å². The molecule has 0 unspecified atom stereocenters. The number of ether oxygens (including phenoxy) is 3. The summed E-state index contributed by atoms with van der Waals surface area (Å²) in [5.74, 6) is 2.31. The van der Waals surface area contributed by atoms with Gasteiger partial charge in [0, 0.05) is 6.54 Å². The van der Waals surface area contributed by atoms with E-state index in [0.29, 0.717) is 37.7 Å². The highest BCUT2D eigenvalue weighted by Gasteiger charge is 2.37. The molecule has 1 atom stereocenters. The maximum absolute atomic E-state index is 13.1. The first-order valence-electron chi connectivity index (χ1n) is 10.7. The monoisotopic (exact) mass is 442 g/mol. The third kappa shape index (κ3) is 5.73. The molecule has 0 aliphatic carbocycles. The third-order valence-electron chi connectivity index (χ3n) is 4.79. The summed E-state index contributed by atoms with van der Waals surface area (Å²) in [4.78, 5) is 19.7. The van der Waals surface area contributed by atoms with Crippen LogP contribution >= 0.6 is 11.8 Å². The number of carbonyl (C=O) groups excluding carboxylic acids is 1. The Balaban J connectivity index is 1.79. The molecule has 1 fully saturated rings. The number of benzene rings is 2. The van der Waals surface area contributed by atoms with Gasteiger partial charge in [-0.25, -0.2) is 4.99 Å². The Labute approximate surface area is 188 Å². The summed E-state index contributed by atoms with van der Waals surface area (Å²) >= 11 is 1.52. The van der Waals surface area contributed by atoms with Crippen molar-refractivity contribution in [2.45, 2.75) is 38.9 Å². The first kappa shape index (κ1) is 23.0. The molecule has 0 bridgehead atoms. The fraction of sp³-hybridized carbons (Fsp3) is 0.417. The summed E-state index contributed by atoms with van der Waals surface area (Å²) < 4.78 is 16.5. The molecule has 1 heterocycles. The number of methoxy groups -OCH3 is 1. The van der Waals surface area contributed by atoms with Crippen molar-refractivity contribution in [3.8, 4) is 17.2 Å². The molecule has 3 rings (SSSR count). The predicted molar refractivity (Wildman–Crippen MR) is 126 cm³/mol. The van der Waals surface area contributed by atoms with E-state index in [1.54, 1.807) is 12.0 Å². The van der Waals surface area contributed by atoms with Crippen molar-refractivity contribution in [2.24, 2.45) is 4.99 Å². The van der Waals surface area contributed by atoms with Gasteiger partial charge in [0.15, 0.2) is 16.7 Å². The molecule has 1 amide bonds. The standard InChI is InChI=1S/C24H30N2O4S/c1-5-14-26-23(27)22(16-17-8-13-20(30-7-3)21(15-17)28-4)31-24(26)25-18-9-11-19(12-10-18)29-6-2/h8-13,15,22H,5-7,14,16H2,1-4H3/t22-/m0/s1. The van der Waals surface area contributed by atoms with Crippen LogP contribution in [0, 0.1) is 0 Å². The lowest BCUT2D eigenvalue weighted by Gasteiger charge is -2.15. The highest BCUT2D eigenvalue weighted by atomic mass is 32.2. The topological polar surface area (TPSA) is 60.4 Å². The van der Waals surface area contributed by atoms with Crippen molar-refractivity contribution in [3.63, 3.8) is 0 Å². The zero-order valence-corrected chi connectivity index (χ0v) is 19.4. The van der Waals surface area contributed by atoms with Gasteiger partial charge in [-0.15, -0.1) is 0 Å². The molecule has 1 aliphatic heterocycles. The van der Waals surface area contributed by atoms with Crippen LogP contribution in [0.25, 0.3) is 0 Å². The van der Waals surface area contributed by atoms with Gasteiger partial charge in [0.05, 0.1) is 31.3 Å². The number of nitrogens with zero attached hydrogens (tertiary/aromatic N) is 2. The molecule has 2 aromatic rings. The first-order chi connectivity index (χ1) is 15.1. The SMILES string of the molecule is CCCN1C(=O)[C@H](Cc2ccc(OCC)c(OC)c2)SC1=Nc1ccc(OCC)cc1. The fourth-order valence-corrected chi connectivity index (χ4v) is 4.60. The van der Waals surface area contributed by atoms with Crippen molar-refractivity contribution >= 4 is 28.5 Å². The fourth-order valence-electron chi connectivity index (χ4n) is 3.38. The molecule has 0 N–H and O–H groups in total. The van der Waals surface area contributed by atoms with Crippen LogP contribution in [0.5, 0.6) is 17.2 Å². The molecular formula is C24H30N2O4S. The molecule has 7 heteroatoms. The van der Waals surface area contributed by atoms with Crippen LogP contribution < -0.4 is 14.2 Å². The zero-order chi connectivity index (χ0) is 22.2. The number of rotatable bonds is 10. The molecule has 0 radical (unpaired) electrons. The Bertz CT molecular complexity index is 914. The lowest BCUT2D eigenvalue weighted by molar-refractivity contribution is -0.126. The maximum atomic E-state index is 13.1. The number of aliphatic imine (C=N–C) groups is 1. The lowest BCUT2D eigenvalue weighted by Crippen LogP contribution is -2.33. The van der Waals surface area contributed by atoms with Crippen molar-refractivity contribution in [1.82, 2.24) is 4.90 Å². The molecule has 31 heavy (non-hydrogen) atoms. The largest absolute Gasteiger partial charge is 0.494 e. The van der Waals surface area contributed by atoms with E-state index in [9.17, 15) is 4.79 Å². The van der Waals surface area contributed by atoms with Gasteiger partial charge in [0.1, 0.15) is 5.75 Å². The molecule has 0 spiro atoms. The highest BCUT2D eigenvalue weighted by Crippen LogP contribution is 2.34. The van der Waals surface area contributed by atoms with Crippen LogP contribution in [0.4, 0.5) is 5.69 Å². The lowest BCUT2D eigenvalue weighted by atomic mass is 10.1. The van der Waals surface area contributed by atoms with Crippen LogP contribution in [-0.2, 0) is 11.2 Å². The van der Waals surface area contributed by atoms with Gasteiger partial charge in [-0.3, -0.25) is 9.69 Å². The molecule has 6 nitrogen and oxygen atoms in total. The molecule has 1 saturated heterocycles. The number of amides is 1. The summed E-state index contributed by atoms with van der Waals surface area (Å²) in [6, 6.07) is 13.5. The van der Waals surface area contributed by atoms with Crippen LogP contribution in [0.3, 0.4) is 0 Å². The summed E-state index contributed by atoms with van der Waals surface area (Å²) in [5.41, 5.74) is 1.84. The van der Waals surface area contributed by atoms with Gasteiger partial charge in [-0.05, 0) is 68.7 Å². The predicted octanol–water partition coefficient (Wildman–Crippen LogP) is 5.08. The molecular weight excluding hydrogens is 412 g/mol. The summed E-state index contributed by atoms with van der Waals surface area (Å²) in [7, 11) is 1.63. The number of carbonyl (C=O) groups is 1. The Morgan fingerprint density at radius 2 is 1.74 bits per heavy atom. The third-order valence-corrected chi connectivity index (χ3v) is 5.96. The van der Waals surface area contributed by atoms with E-state index in [4.69, 9.17) is 19.2 Å². The van der Waals surface area contributed by atoms with Crippen LogP contribution in [0.15, 0.2) is 47.5 Å². The average molecular weight is 443 g/mol. The van der Waals surface area contributed by atoms with Gasteiger partial charge in [-0.2, -0.15) is 0 Å². The first-order valence-corrected chi connectivity index (χ1v) is 11.6. The Hall–Kier alpha value is -2.67. The highest BCUT2D eigenvalue weighted by molar-refractivity contribution is 8.15. The van der Waals surface area contributed by atoms with E-state index in [0.717, 1.165) is 28.6 Å². The van der Waals surface area contributed by atoms with Crippen LogP contribution in [0.2, 0.25) is 0 Å². The smallest absolute Gasteiger partial charge is 0.242 e. The molecule has 0 saturated carbocycles. The number of amidine groups is 1. The second-order valence-electron chi connectivity index (χ2n) is 7.04. The number of hydrogen-bond donors (Lipinski definition) is 0. The van der Waals surface area contributed by atoms with E-state index in [2.05, 4.69) is 6.92 Å². The minimum atomic E-state index is -0.212. The number of thioether (sulfide) groups is 1. The summed E-state index contributed by atoms with van der Waals surface area (Å²) in [6.45, 7) is 7.82. The minimum Gasteiger partial charge on any atom is -0.494 e. The second kappa shape index (κ2) is 11.1. The second-order valence-corrected chi connectivity index (χ2v) is 8.21. The van der Waals surface area contributed by atoms with E-state index < -0.39 is 0 Å². The van der Waals surface area contributed by atoms with E-state index >= 15 is 0 Å². The van der Waals surface area contributed by atoms with Gasteiger partial charge in [0.2, 0.25) is 5.91 Å². The van der Waals surface area contributed by atoms with Crippen LogP contribution in [-0.4, -0.2) is 48.1 Å². The van der Waals surface area contributed by atoms with Crippen molar-refractivity contribution in [3.05, 3.63) is 48.0 Å². The molecule has 1 aliphatic rings. The molecule has 0 aromatic heterocycles. The molecule has 166 valence electrons. The average Bonchev–Trinajstić information content (AvgIpc) is 3.05. The van der Waals surface area contributed by atoms with Crippen molar-refractivity contribution < 1.29 is 19.0 Å². The van der Waals surface area contributed by atoms with Gasteiger partial charge < -0.3 is 14.2 Å². The van der Waals surface area contributed by atoms with Gasteiger partial charge in [-0.1, -0.05) is 24.8 Å². The Kier molecular flexibility index (Phi) is 8.23. The van der Waals surface area contributed by atoms with Crippen molar-refractivity contribution in [1.29, 1.82) is 0 Å². The summed E-state index contributed by atoms with van der Waals surface area (Å²) in [5, 5.41) is 0.537. The van der Waals surface area contributed by atoms with Crippen molar-refractivity contribution in [2.75, 3.05) is 26.9 Å². The van der Waals surface area contributed by atoms with Gasteiger partial charge >= 0.3 is 0 Å². The zero-order valence-electron chi connectivity index (χ0n) is 18.6. The Morgan fingerprint density at radius 1 is 1.00 bits per heavy atom. The Morgan fingerprint density at radius 3 is 2.39 bits per heavy atom. The maximum Gasteiger partial charge on any atom is 0.242 e. The van der Waals surface area contributed by atoms with E-state index in [1.807, 2.05) is 56.3 Å². The van der Waals surface area contributed by atoms with E-state index in [1.165, 1.54) is 11.8 Å². The van der Waals surface area contributed by atoms with Gasteiger partial charge in [0.25, 0.3) is 0 Å². The molecule has 2 aromatic carbocycles. The quantitative estimate of drug-likeness (QED) is 0.514. The normalized spacial score (nSPS) is 17.3. The summed E-state index contributed by atoms with van der Waals surface area (Å²) in [6.07, 6.45) is 1.48. The van der Waals surface area contributed by atoms with E-state index in [-0.39, 0.29) is 11.2 Å². The minimum absolute atomic E-state index is 0.101.